The van der Waals surface area contributed by atoms with Gasteiger partial charge in [-0.3, -0.25) is 0 Å². The van der Waals surface area contributed by atoms with Crippen molar-refractivity contribution in [2.45, 2.75) is 38.3 Å². The van der Waals surface area contributed by atoms with E-state index in [9.17, 15) is 20.3 Å². The first-order valence-electron chi connectivity index (χ1n) is 12.2. The van der Waals surface area contributed by atoms with Crippen LogP contribution in [0.15, 0.2) is 78.9 Å². The van der Waals surface area contributed by atoms with Crippen LogP contribution in [0.1, 0.15) is 53.4 Å². The molecule has 4 N–H and O–H groups in total. The first-order valence-corrected chi connectivity index (χ1v) is 12.2. The van der Waals surface area contributed by atoms with Gasteiger partial charge >= 0.3 is 5.97 Å². The summed E-state index contributed by atoms with van der Waals surface area (Å²) in [5.41, 5.74) is 9.02. The van der Waals surface area contributed by atoms with E-state index >= 15 is 0 Å². The number of benzene rings is 4. The standard InChI is InChI=1S/C31H30N2O4.ClH/c1-31(2,33)29(34)27-17-21-9-4-3-8-20(21)16-22(27)10-7-15-37-28-18-23(13-14-24(28)19-32)25-11-5-6-12-26(25)30(35)36;/h3-6,8-9,11-14,16-18,29,34H,7,10,15,33H2,1-2H3,(H,35,36);1H/t29-;/m1./s1. The molecule has 0 aromatic heterocycles. The fraction of sp³-hybridized carbons (Fsp3) is 0.226. The number of nitrogens with two attached hydrogens (primary N) is 1. The van der Waals surface area contributed by atoms with Crippen LogP contribution < -0.4 is 10.5 Å². The largest absolute Gasteiger partial charge is 0.492 e. The second-order valence-corrected chi connectivity index (χ2v) is 9.75. The summed E-state index contributed by atoms with van der Waals surface area (Å²) >= 11 is 0. The topological polar surface area (TPSA) is 117 Å². The van der Waals surface area contributed by atoms with Crippen molar-refractivity contribution in [3.63, 3.8) is 0 Å². The first-order chi connectivity index (χ1) is 17.7. The highest BCUT2D eigenvalue weighted by atomic mass is 35.5. The third-order valence-electron chi connectivity index (χ3n) is 6.43. The number of hydrogen-bond donors (Lipinski definition) is 3. The molecule has 4 aromatic carbocycles. The predicted octanol–water partition coefficient (Wildman–Crippen LogP) is 6.28. The van der Waals surface area contributed by atoms with Crippen LogP contribution in [0.4, 0.5) is 0 Å². The number of fused-ring (bicyclic) bond motifs is 1. The number of aryl methyl sites for hydroxylation is 1. The van der Waals surface area contributed by atoms with Crippen molar-refractivity contribution in [3.05, 3.63) is 101 Å². The molecular weight excluding hydrogens is 500 g/mol. The molecule has 38 heavy (non-hydrogen) atoms. The quantitative estimate of drug-likeness (QED) is 0.219. The average Bonchev–Trinajstić information content (AvgIpc) is 2.89. The molecule has 0 heterocycles. The van der Waals surface area contributed by atoms with Crippen LogP contribution in [0.25, 0.3) is 21.9 Å². The summed E-state index contributed by atoms with van der Waals surface area (Å²) in [6.45, 7) is 3.95. The Morgan fingerprint density at radius 3 is 2.34 bits per heavy atom. The Hall–Kier alpha value is -3.89. The third kappa shape index (κ3) is 6.32. The smallest absolute Gasteiger partial charge is 0.336 e. The van der Waals surface area contributed by atoms with E-state index in [-0.39, 0.29) is 18.0 Å². The van der Waals surface area contributed by atoms with Crippen LogP contribution in [-0.2, 0) is 6.42 Å². The molecule has 0 saturated heterocycles. The number of nitrogens with zero attached hydrogens (tertiary/aromatic N) is 1. The maximum Gasteiger partial charge on any atom is 0.336 e. The molecule has 1 atom stereocenters. The van der Waals surface area contributed by atoms with Crippen molar-refractivity contribution < 1.29 is 19.7 Å². The molecule has 0 fully saturated rings. The van der Waals surface area contributed by atoms with Gasteiger partial charge in [0.25, 0.3) is 0 Å². The van der Waals surface area contributed by atoms with E-state index < -0.39 is 17.6 Å². The van der Waals surface area contributed by atoms with Crippen LogP contribution in [0.2, 0.25) is 0 Å². The Balaban J connectivity index is 0.00000400. The van der Waals surface area contributed by atoms with Crippen LogP contribution in [0, 0.1) is 11.3 Å². The summed E-state index contributed by atoms with van der Waals surface area (Å²) in [4.78, 5) is 11.7. The van der Waals surface area contributed by atoms with Crippen molar-refractivity contribution in [3.8, 4) is 22.9 Å². The SMILES string of the molecule is CC(C)(N)[C@H](O)c1cc2ccccc2cc1CCCOc1cc(-c2ccccc2C(=O)O)ccc1C#N.Cl. The zero-order chi connectivity index (χ0) is 26.6. The summed E-state index contributed by atoms with van der Waals surface area (Å²) < 4.78 is 6.01. The minimum absolute atomic E-state index is 0. The van der Waals surface area contributed by atoms with Crippen LogP contribution >= 0.6 is 12.4 Å². The number of aromatic carboxylic acids is 1. The molecule has 0 unspecified atom stereocenters. The van der Waals surface area contributed by atoms with E-state index in [1.165, 1.54) is 0 Å². The lowest BCUT2D eigenvalue weighted by molar-refractivity contribution is 0.0697. The van der Waals surface area contributed by atoms with Crippen molar-refractivity contribution in [2.24, 2.45) is 5.73 Å². The van der Waals surface area contributed by atoms with Crippen LogP contribution in [0.3, 0.4) is 0 Å². The monoisotopic (exact) mass is 530 g/mol. The second kappa shape index (κ2) is 12.1. The van der Waals surface area contributed by atoms with Gasteiger partial charge in [-0.15, -0.1) is 12.4 Å². The summed E-state index contributed by atoms with van der Waals surface area (Å²) in [7, 11) is 0. The lowest BCUT2D eigenvalue weighted by atomic mass is 9.86. The number of carboxylic acids is 1. The van der Waals surface area contributed by atoms with E-state index in [2.05, 4.69) is 12.1 Å². The highest BCUT2D eigenvalue weighted by molar-refractivity contribution is 5.96. The lowest BCUT2D eigenvalue weighted by Crippen LogP contribution is -2.39. The van der Waals surface area contributed by atoms with Gasteiger partial charge in [-0.05, 0) is 84.0 Å². The van der Waals surface area contributed by atoms with Crippen molar-refractivity contribution in [2.75, 3.05) is 6.61 Å². The van der Waals surface area contributed by atoms with Gasteiger partial charge < -0.3 is 20.7 Å². The number of aliphatic hydroxyl groups excluding tert-OH is 1. The fourth-order valence-electron chi connectivity index (χ4n) is 4.44. The first kappa shape index (κ1) is 28.7. The fourth-order valence-corrected chi connectivity index (χ4v) is 4.44. The highest BCUT2D eigenvalue weighted by Gasteiger charge is 2.26. The maximum atomic E-state index is 11.7. The molecule has 4 rings (SSSR count). The van der Waals surface area contributed by atoms with Gasteiger partial charge in [-0.25, -0.2) is 4.79 Å². The average molecular weight is 531 g/mol. The molecule has 0 spiro atoms. The number of ether oxygens (including phenoxy) is 1. The Kier molecular flexibility index (Phi) is 9.13. The van der Waals surface area contributed by atoms with Gasteiger partial charge in [0.1, 0.15) is 11.8 Å². The highest BCUT2D eigenvalue weighted by Crippen LogP contribution is 2.32. The molecule has 0 amide bonds. The van der Waals surface area contributed by atoms with E-state index in [1.54, 1.807) is 56.3 Å². The Morgan fingerprint density at radius 1 is 1.03 bits per heavy atom. The molecule has 0 aliphatic carbocycles. The summed E-state index contributed by atoms with van der Waals surface area (Å²) in [5, 5.41) is 32.2. The van der Waals surface area contributed by atoms with Gasteiger partial charge in [0.15, 0.2) is 0 Å². The van der Waals surface area contributed by atoms with E-state index in [1.807, 2.05) is 30.3 Å². The number of rotatable bonds is 9. The predicted molar refractivity (Wildman–Crippen MR) is 152 cm³/mol. The molecule has 0 saturated carbocycles. The van der Waals surface area contributed by atoms with E-state index in [4.69, 9.17) is 10.5 Å². The zero-order valence-electron chi connectivity index (χ0n) is 21.3. The van der Waals surface area contributed by atoms with Gasteiger partial charge in [-0.2, -0.15) is 5.26 Å². The molecule has 196 valence electrons. The molecular formula is C31H31ClN2O4. The van der Waals surface area contributed by atoms with Gasteiger partial charge in [0, 0.05) is 5.54 Å². The minimum atomic E-state index is -1.02. The normalized spacial score (nSPS) is 11.9. The minimum Gasteiger partial charge on any atom is -0.492 e. The number of carbonyl (C=O) groups is 1. The number of aliphatic hydroxyl groups is 1. The van der Waals surface area contributed by atoms with E-state index in [0.29, 0.717) is 41.9 Å². The Bertz CT molecular complexity index is 1490. The summed E-state index contributed by atoms with van der Waals surface area (Å²) in [5.74, 6) is -0.612. The number of nitriles is 1. The van der Waals surface area contributed by atoms with Gasteiger partial charge in [-0.1, -0.05) is 54.6 Å². The van der Waals surface area contributed by atoms with Crippen molar-refractivity contribution >= 4 is 29.1 Å². The van der Waals surface area contributed by atoms with Gasteiger partial charge in [0.05, 0.1) is 23.8 Å². The maximum absolute atomic E-state index is 11.7. The lowest BCUT2D eigenvalue weighted by Gasteiger charge is -2.28. The van der Waals surface area contributed by atoms with Crippen LogP contribution in [-0.4, -0.2) is 28.3 Å². The van der Waals surface area contributed by atoms with Crippen molar-refractivity contribution in [1.29, 1.82) is 5.26 Å². The zero-order valence-corrected chi connectivity index (χ0v) is 22.2. The summed E-state index contributed by atoms with van der Waals surface area (Å²) in [6.07, 6.45) is 0.463. The molecule has 0 aliphatic heterocycles. The number of carboxylic acid groups (broad SMARTS) is 1. The molecule has 4 aromatic rings. The van der Waals surface area contributed by atoms with Crippen LogP contribution in [0.5, 0.6) is 5.75 Å². The molecule has 7 heteroatoms. The van der Waals surface area contributed by atoms with Crippen molar-refractivity contribution in [1.82, 2.24) is 0 Å². The Labute approximate surface area is 228 Å². The number of hydrogen-bond acceptors (Lipinski definition) is 5. The molecule has 0 bridgehead atoms. The second-order valence-electron chi connectivity index (χ2n) is 9.75. The number of halogens is 1. The third-order valence-corrected chi connectivity index (χ3v) is 6.43. The summed E-state index contributed by atoms with van der Waals surface area (Å²) in [6, 6.07) is 26.1. The molecule has 0 radical (unpaired) electrons. The molecule has 6 nitrogen and oxygen atoms in total. The van der Waals surface area contributed by atoms with Gasteiger partial charge in [0.2, 0.25) is 0 Å². The Morgan fingerprint density at radius 2 is 1.68 bits per heavy atom. The van der Waals surface area contributed by atoms with E-state index in [0.717, 1.165) is 21.9 Å². The molecule has 0 aliphatic rings.